The number of rotatable bonds is 4. The van der Waals surface area contributed by atoms with Crippen molar-refractivity contribution in [1.29, 1.82) is 5.26 Å². The van der Waals surface area contributed by atoms with Gasteiger partial charge in [0.1, 0.15) is 35.6 Å². The number of halogens is 2. The first-order valence-corrected chi connectivity index (χ1v) is 10.5. The molecule has 0 saturated carbocycles. The summed E-state index contributed by atoms with van der Waals surface area (Å²) in [4.78, 5) is 0. The van der Waals surface area contributed by atoms with Gasteiger partial charge in [-0.05, 0) is 30.3 Å². The van der Waals surface area contributed by atoms with E-state index >= 15 is 0 Å². The van der Waals surface area contributed by atoms with Gasteiger partial charge in [-0.2, -0.15) is 5.26 Å². The minimum Gasteiger partial charge on any atom is -0.488 e. The second kappa shape index (κ2) is 8.09. The van der Waals surface area contributed by atoms with Crippen molar-refractivity contribution in [3.05, 3.63) is 93.0 Å². The molecule has 2 heterocycles. The van der Waals surface area contributed by atoms with Crippen molar-refractivity contribution in [3.8, 4) is 29.1 Å². The van der Waals surface area contributed by atoms with E-state index in [1.807, 2.05) is 12.1 Å². The van der Waals surface area contributed by atoms with Crippen LogP contribution in [0.3, 0.4) is 0 Å². The van der Waals surface area contributed by atoms with Crippen LogP contribution in [0.2, 0.25) is 0 Å². The number of nitriles is 1. The summed E-state index contributed by atoms with van der Waals surface area (Å²) in [6, 6.07) is 17.5. The van der Waals surface area contributed by atoms with Gasteiger partial charge < -0.3 is 24.7 Å². The molecule has 0 spiro atoms. The van der Waals surface area contributed by atoms with E-state index in [0.717, 1.165) is 4.47 Å². The Hall–Kier alpha value is -3.70. The summed E-state index contributed by atoms with van der Waals surface area (Å²) in [7, 11) is 0. The molecular formula is C24H16BrFN2O4. The van der Waals surface area contributed by atoms with E-state index in [1.165, 1.54) is 6.07 Å². The molecule has 6 nitrogen and oxygen atoms in total. The lowest BCUT2D eigenvalue weighted by atomic mass is 9.83. The summed E-state index contributed by atoms with van der Waals surface area (Å²) in [6.45, 7) is 0.129. The average molecular weight is 495 g/mol. The molecule has 3 aromatic carbocycles. The van der Waals surface area contributed by atoms with Crippen molar-refractivity contribution in [2.24, 2.45) is 5.73 Å². The van der Waals surface area contributed by atoms with Gasteiger partial charge in [0, 0.05) is 27.2 Å². The average Bonchev–Trinajstić information content (AvgIpc) is 3.24. The number of hydrogen-bond acceptors (Lipinski definition) is 6. The van der Waals surface area contributed by atoms with Gasteiger partial charge >= 0.3 is 0 Å². The number of allylic oxidation sites excluding steroid dienone is 1. The first-order chi connectivity index (χ1) is 15.5. The second-order valence-corrected chi connectivity index (χ2v) is 8.15. The Labute approximate surface area is 191 Å². The van der Waals surface area contributed by atoms with Crippen LogP contribution in [0.25, 0.3) is 0 Å². The lowest BCUT2D eigenvalue weighted by molar-refractivity contribution is 0.174. The fraction of sp³-hybridized carbons (Fsp3) is 0.125. The third-order valence-electron chi connectivity index (χ3n) is 5.33. The Morgan fingerprint density at radius 2 is 1.84 bits per heavy atom. The second-order valence-electron chi connectivity index (χ2n) is 7.23. The lowest BCUT2D eigenvalue weighted by Crippen LogP contribution is -2.21. The van der Waals surface area contributed by atoms with E-state index in [1.54, 1.807) is 36.4 Å². The zero-order valence-corrected chi connectivity index (χ0v) is 18.2. The highest BCUT2D eigenvalue weighted by Crippen LogP contribution is 2.49. The van der Waals surface area contributed by atoms with Crippen LogP contribution in [-0.4, -0.2) is 6.79 Å². The highest BCUT2D eigenvalue weighted by molar-refractivity contribution is 9.10. The summed E-state index contributed by atoms with van der Waals surface area (Å²) < 4.78 is 37.6. The molecule has 0 saturated heterocycles. The molecule has 0 aromatic heterocycles. The van der Waals surface area contributed by atoms with Crippen molar-refractivity contribution < 1.29 is 23.3 Å². The van der Waals surface area contributed by atoms with Gasteiger partial charge in [0.2, 0.25) is 12.7 Å². The monoisotopic (exact) mass is 494 g/mol. The number of ether oxygens (including phenoxy) is 4. The topological polar surface area (TPSA) is 86.7 Å². The molecule has 160 valence electrons. The zero-order chi connectivity index (χ0) is 22.2. The Morgan fingerprint density at radius 3 is 2.62 bits per heavy atom. The lowest BCUT2D eigenvalue weighted by Gasteiger charge is -2.28. The molecule has 32 heavy (non-hydrogen) atoms. The normalized spacial score (nSPS) is 16.2. The molecule has 0 fully saturated rings. The number of hydrogen-bond donors (Lipinski definition) is 1. The van der Waals surface area contributed by atoms with E-state index in [-0.39, 0.29) is 30.7 Å². The van der Waals surface area contributed by atoms with Crippen LogP contribution in [0.15, 0.2) is 70.5 Å². The maximum Gasteiger partial charge on any atom is 0.231 e. The summed E-state index contributed by atoms with van der Waals surface area (Å²) in [5.74, 6) is 1.13. The van der Waals surface area contributed by atoms with Crippen LogP contribution in [0.1, 0.15) is 22.6 Å². The predicted octanol–water partition coefficient (Wildman–Crippen LogP) is 5.11. The molecule has 2 N–H and O–H groups in total. The summed E-state index contributed by atoms with van der Waals surface area (Å²) in [5.41, 5.74) is 8.14. The van der Waals surface area contributed by atoms with Gasteiger partial charge in [-0.15, -0.1) is 0 Å². The molecule has 1 atom stereocenters. The minimum atomic E-state index is -0.577. The number of benzene rings is 3. The van der Waals surface area contributed by atoms with Crippen molar-refractivity contribution in [2.75, 3.05) is 6.79 Å². The van der Waals surface area contributed by atoms with Crippen LogP contribution < -0.4 is 24.7 Å². The SMILES string of the molecule is N#CC1=C(N)Oc2cc3c(cc2[C@@H]1c1cc(Br)ccc1OCc1ccccc1F)OCO3. The Morgan fingerprint density at radius 1 is 1.06 bits per heavy atom. The summed E-state index contributed by atoms with van der Waals surface area (Å²) in [6.07, 6.45) is 0. The van der Waals surface area contributed by atoms with E-state index in [0.29, 0.717) is 39.7 Å². The fourth-order valence-corrected chi connectivity index (χ4v) is 4.19. The van der Waals surface area contributed by atoms with Gasteiger partial charge in [-0.1, -0.05) is 34.1 Å². The van der Waals surface area contributed by atoms with Crippen molar-refractivity contribution >= 4 is 15.9 Å². The van der Waals surface area contributed by atoms with Crippen LogP contribution in [0, 0.1) is 17.1 Å². The van der Waals surface area contributed by atoms with Gasteiger partial charge in [0.25, 0.3) is 0 Å². The molecule has 0 amide bonds. The first-order valence-electron chi connectivity index (χ1n) is 9.72. The molecule has 2 aliphatic heterocycles. The molecule has 0 radical (unpaired) electrons. The van der Waals surface area contributed by atoms with Crippen molar-refractivity contribution in [2.45, 2.75) is 12.5 Å². The van der Waals surface area contributed by atoms with Gasteiger partial charge in [-0.25, -0.2) is 4.39 Å². The van der Waals surface area contributed by atoms with Gasteiger partial charge in [-0.3, -0.25) is 0 Å². The van der Waals surface area contributed by atoms with E-state index < -0.39 is 5.92 Å². The van der Waals surface area contributed by atoms with Crippen LogP contribution in [-0.2, 0) is 6.61 Å². The van der Waals surface area contributed by atoms with E-state index in [4.69, 9.17) is 24.7 Å². The van der Waals surface area contributed by atoms with Crippen LogP contribution in [0.4, 0.5) is 4.39 Å². The highest BCUT2D eigenvalue weighted by Gasteiger charge is 2.35. The smallest absolute Gasteiger partial charge is 0.231 e. The van der Waals surface area contributed by atoms with Gasteiger partial charge in [0.15, 0.2) is 11.5 Å². The van der Waals surface area contributed by atoms with E-state index in [2.05, 4.69) is 22.0 Å². The Bertz CT molecular complexity index is 1300. The standard InChI is InChI=1S/C24H16BrFN2O4/c25-14-5-6-19(29-11-13-3-1-2-4-18(13)26)15(7-14)23-16-8-21-22(31-12-30-21)9-20(16)32-24(28)17(23)10-27/h1-9,23H,11-12,28H2/t23-/m0/s1. The number of nitrogens with two attached hydrogens (primary N) is 1. The van der Waals surface area contributed by atoms with Crippen molar-refractivity contribution in [1.82, 2.24) is 0 Å². The molecule has 5 rings (SSSR count). The Balaban J connectivity index is 1.61. The fourth-order valence-electron chi connectivity index (χ4n) is 3.81. The molecular weight excluding hydrogens is 479 g/mol. The van der Waals surface area contributed by atoms with E-state index in [9.17, 15) is 9.65 Å². The number of fused-ring (bicyclic) bond motifs is 2. The minimum absolute atomic E-state index is 0.00361. The predicted molar refractivity (Wildman–Crippen MR) is 117 cm³/mol. The molecule has 0 unspecified atom stereocenters. The van der Waals surface area contributed by atoms with Crippen LogP contribution >= 0.6 is 15.9 Å². The third-order valence-corrected chi connectivity index (χ3v) is 5.83. The maximum absolute atomic E-state index is 14.1. The van der Waals surface area contributed by atoms with Crippen molar-refractivity contribution in [3.63, 3.8) is 0 Å². The van der Waals surface area contributed by atoms with Gasteiger partial charge in [0.05, 0.1) is 5.92 Å². The molecule has 0 aliphatic carbocycles. The molecule has 3 aromatic rings. The zero-order valence-electron chi connectivity index (χ0n) is 16.6. The highest BCUT2D eigenvalue weighted by atomic mass is 79.9. The molecule has 2 aliphatic rings. The molecule has 0 bridgehead atoms. The summed E-state index contributed by atoms with van der Waals surface area (Å²) in [5, 5.41) is 9.89. The first kappa shape index (κ1) is 20.2. The maximum atomic E-state index is 14.1. The summed E-state index contributed by atoms with van der Waals surface area (Å²) >= 11 is 3.50. The quantitative estimate of drug-likeness (QED) is 0.541. The third kappa shape index (κ3) is 3.51. The van der Waals surface area contributed by atoms with Crippen LogP contribution in [0.5, 0.6) is 23.0 Å². The Kier molecular flexibility index (Phi) is 5.11. The largest absolute Gasteiger partial charge is 0.488 e. The number of nitrogens with zero attached hydrogens (tertiary/aromatic N) is 1. The molecule has 8 heteroatoms.